The second-order valence-electron chi connectivity index (χ2n) is 4.57. The molecule has 0 radical (unpaired) electrons. The van der Waals surface area contributed by atoms with Crippen LogP contribution in [0.4, 0.5) is 4.39 Å². The van der Waals surface area contributed by atoms with Gasteiger partial charge in [0.05, 0.1) is 7.11 Å². The molecule has 0 aliphatic rings. The van der Waals surface area contributed by atoms with Gasteiger partial charge in [0.2, 0.25) is 10.0 Å². The lowest BCUT2D eigenvalue weighted by atomic mass is 10.2. The van der Waals surface area contributed by atoms with E-state index in [2.05, 4.69) is 4.72 Å². The maximum atomic E-state index is 13.3. The Kier molecular flexibility index (Phi) is 5.39. The molecular formula is C15H15ClFNO3S. The van der Waals surface area contributed by atoms with Crippen molar-refractivity contribution in [1.29, 1.82) is 0 Å². The number of benzene rings is 2. The van der Waals surface area contributed by atoms with E-state index in [1.165, 1.54) is 13.2 Å². The standard InChI is InChI=1S/C15H15ClFNO3S/c1-21-14-7-6-13(17)10-15(14)22(19,20)18-9-8-11-2-4-12(16)5-3-11/h2-7,10,18H,8-9H2,1H3. The van der Waals surface area contributed by atoms with Gasteiger partial charge in [-0.3, -0.25) is 0 Å². The number of rotatable bonds is 6. The van der Waals surface area contributed by atoms with Crippen molar-refractivity contribution in [2.75, 3.05) is 13.7 Å². The highest BCUT2D eigenvalue weighted by Gasteiger charge is 2.19. The summed E-state index contributed by atoms with van der Waals surface area (Å²) in [7, 11) is -2.51. The van der Waals surface area contributed by atoms with Crippen LogP contribution in [0.2, 0.25) is 5.02 Å². The van der Waals surface area contributed by atoms with Crippen molar-refractivity contribution < 1.29 is 17.5 Å². The van der Waals surface area contributed by atoms with Crippen LogP contribution in [0.1, 0.15) is 5.56 Å². The number of nitrogens with one attached hydrogen (secondary N) is 1. The van der Waals surface area contributed by atoms with Gasteiger partial charge in [-0.2, -0.15) is 0 Å². The summed E-state index contributed by atoms with van der Waals surface area (Å²) in [6.45, 7) is 0.184. The summed E-state index contributed by atoms with van der Waals surface area (Å²) in [5.41, 5.74) is 0.943. The fourth-order valence-corrected chi connectivity index (χ4v) is 3.26. The zero-order valence-electron chi connectivity index (χ0n) is 11.8. The van der Waals surface area contributed by atoms with E-state index in [-0.39, 0.29) is 17.2 Å². The molecule has 0 amide bonds. The Hall–Kier alpha value is -1.63. The van der Waals surface area contributed by atoms with Crippen molar-refractivity contribution in [1.82, 2.24) is 4.72 Å². The highest BCUT2D eigenvalue weighted by atomic mass is 35.5. The van der Waals surface area contributed by atoms with Crippen LogP contribution in [-0.2, 0) is 16.4 Å². The van der Waals surface area contributed by atoms with E-state index >= 15 is 0 Å². The van der Waals surface area contributed by atoms with E-state index in [0.717, 1.165) is 17.7 Å². The zero-order chi connectivity index (χ0) is 16.2. The molecule has 2 aromatic carbocycles. The van der Waals surface area contributed by atoms with Crippen molar-refractivity contribution in [2.24, 2.45) is 0 Å². The highest BCUT2D eigenvalue weighted by Crippen LogP contribution is 2.24. The first-order valence-corrected chi connectivity index (χ1v) is 8.36. The van der Waals surface area contributed by atoms with Gasteiger partial charge in [-0.1, -0.05) is 23.7 Å². The lowest BCUT2D eigenvalue weighted by Gasteiger charge is -2.11. The van der Waals surface area contributed by atoms with Crippen LogP contribution in [0.15, 0.2) is 47.4 Å². The second-order valence-corrected chi connectivity index (χ2v) is 6.74. The summed E-state index contributed by atoms with van der Waals surface area (Å²) < 4.78 is 45.1. The molecule has 4 nitrogen and oxygen atoms in total. The number of hydrogen-bond acceptors (Lipinski definition) is 3. The molecule has 2 rings (SSSR count). The van der Waals surface area contributed by atoms with E-state index in [1.807, 2.05) is 12.1 Å². The van der Waals surface area contributed by atoms with Crippen LogP contribution in [0, 0.1) is 5.82 Å². The topological polar surface area (TPSA) is 55.4 Å². The van der Waals surface area contributed by atoms with E-state index in [9.17, 15) is 12.8 Å². The Labute approximate surface area is 133 Å². The molecule has 7 heteroatoms. The largest absolute Gasteiger partial charge is 0.495 e. The van der Waals surface area contributed by atoms with Gasteiger partial charge >= 0.3 is 0 Å². The van der Waals surface area contributed by atoms with Gasteiger partial charge in [0.1, 0.15) is 16.5 Å². The predicted octanol–water partition coefficient (Wildman–Crippen LogP) is 3.01. The van der Waals surface area contributed by atoms with Crippen LogP contribution in [-0.4, -0.2) is 22.1 Å². The van der Waals surface area contributed by atoms with E-state index in [1.54, 1.807) is 12.1 Å². The maximum Gasteiger partial charge on any atom is 0.244 e. The summed E-state index contributed by atoms with van der Waals surface area (Å²) >= 11 is 5.79. The average Bonchev–Trinajstić information content (AvgIpc) is 2.49. The Bertz CT molecular complexity index is 748. The molecule has 0 heterocycles. The molecule has 0 aromatic heterocycles. The summed E-state index contributed by atoms with van der Waals surface area (Å²) in [4.78, 5) is -0.217. The predicted molar refractivity (Wildman–Crippen MR) is 83.3 cm³/mol. The fourth-order valence-electron chi connectivity index (χ4n) is 1.92. The van der Waals surface area contributed by atoms with Crippen molar-refractivity contribution >= 4 is 21.6 Å². The first-order chi connectivity index (χ1) is 10.4. The number of ether oxygens (including phenoxy) is 1. The summed E-state index contributed by atoms with van der Waals surface area (Å²) in [6, 6.07) is 10.5. The van der Waals surface area contributed by atoms with Crippen molar-refractivity contribution in [2.45, 2.75) is 11.3 Å². The number of hydrogen-bond donors (Lipinski definition) is 1. The average molecular weight is 344 g/mol. The lowest BCUT2D eigenvalue weighted by molar-refractivity contribution is 0.400. The Balaban J connectivity index is 2.08. The molecule has 0 aliphatic carbocycles. The monoisotopic (exact) mass is 343 g/mol. The number of methoxy groups -OCH3 is 1. The van der Waals surface area contributed by atoms with Gasteiger partial charge in [-0.15, -0.1) is 0 Å². The summed E-state index contributed by atoms with van der Waals surface area (Å²) in [5.74, 6) is -0.542. The molecule has 22 heavy (non-hydrogen) atoms. The van der Waals surface area contributed by atoms with Crippen molar-refractivity contribution in [3.8, 4) is 5.75 Å². The lowest BCUT2D eigenvalue weighted by Crippen LogP contribution is -2.26. The van der Waals surface area contributed by atoms with Crippen LogP contribution >= 0.6 is 11.6 Å². The highest BCUT2D eigenvalue weighted by molar-refractivity contribution is 7.89. The fraction of sp³-hybridized carbons (Fsp3) is 0.200. The van der Waals surface area contributed by atoms with E-state index in [4.69, 9.17) is 16.3 Å². The Morgan fingerprint density at radius 3 is 2.50 bits per heavy atom. The quantitative estimate of drug-likeness (QED) is 0.877. The molecule has 0 bridgehead atoms. The van der Waals surface area contributed by atoms with E-state index < -0.39 is 15.8 Å². The molecule has 0 spiro atoms. The van der Waals surface area contributed by atoms with Crippen LogP contribution in [0.5, 0.6) is 5.75 Å². The molecule has 118 valence electrons. The normalized spacial score (nSPS) is 11.4. The van der Waals surface area contributed by atoms with Gasteiger partial charge in [-0.25, -0.2) is 17.5 Å². The Morgan fingerprint density at radius 2 is 1.86 bits per heavy atom. The second kappa shape index (κ2) is 7.09. The number of sulfonamides is 1. The van der Waals surface area contributed by atoms with Gasteiger partial charge in [0.25, 0.3) is 0 Å². The molecule has 0 aliphatic heterocycles. The van der Waals surface area contributed by atoms with Gasteiger partial charge < -0.3 is 4.74 Å². The van der Waals surface area contributed by atoms with Crippen LogP contribution < -0.4 is 9.46 Å². The summed E-state index contributed by atoms with van der Waals surface area (Å²) in [6.07, 6.45) is 0.494. The third-order valence-electron chi connectivity index (χ3n) is 3.03. The minimum absolute atomic E-state index is 0.0976. The van der Waals surface area contributed by atoms with Gasteiger partial charge in [-0.05, 0) is 42.3 Å². The molecule has 2 aromatic rings. The maximum absolute atomic E-state index is 13.3. The number of halogens is 2. The minimum Gasteiger partial charge on any atom is -0.495 e. The first kappa shape index (κ1) is 16.7. The van der Waals surface area contributed by atoms with Crippen LogP contribution in [0.3, 0.4) is 0 Å². The third kappa shape index (κ3) is 4.19. The van der Waals surface area contributed by atoms with Crippen molar-refractivity contribution in [3.63, 3.8) is 0 Å². The first-order valence-electron chi connectivity index (χ1n) is 6.50. The molecule has 0 saturated carbocycles. The van der Waals surface area contributed by atoms with E-state index in [0.29, 0.717) is 11.4 Å². The van der Waals surface area contributed by atoms with Crippen molar-refractivity contribution in [3.05, 3.63) is 58.9 Å². The molecule has 0 fully saturated rings. The minimum atomic E-state index is -3.84. The molecular weight excluding hydrogens is 329 g/mol. The molecule has 0 saturated heterocycles. The van der Waals surface area contributed by atoms with Gasteiger partial charge in [0.15, 0.2) is 0 Å². The smallest absolute Gasteiger partial charge is 0.244 e. The molecule has 0 unspecified atom stereocenters. The van der Waals surface area contributed by atoms with Crippen LogP contribution in [0.25, 0.3) is 0 Å². The third-order valence-corrected chi connectivity index (χ3v) is 4.77. The Morgan fingerprint density at radius 1 is 1.18 bits per heavy atom. The molecule has 0 atom stereocenters. The summed E-state index contributed by atoms with van der Waals surface area (Å²) in [5, 5.41) is 0.619. The van der Waals surface area contributed by atoms with Gasteiger partial charge in [0, 0.05) is 11.6 Å². The molecule has 1 N–H and O–H groups in total. The zero-order valence-corrected chi connectivity index (χ0v) is 13.4. The SMILES string of the molecule is COc1ccc(F)cc1S(=O)(=O)NCCc1ccc(Cl)cc1.